The number of halogens is 1. The van der Waals surface area contributed by atoms with Gasteiger partial charge in [-0.2, -0.15) is 0 Å². The van der Waals surface area contributed by atoms with Crippen LogP contribution in [0.15, 0.2) is 0 Å². The van der Waals surface area contributed by atoms with E-state index in [0.29, 0.717) is 17.0 Å². The van der Waals surface area contributed by atoms with Crippen LogP contribution in [0, 0.1) is 13.8 Å². The lowest BCUT2D eigenvalue weighted by molar-refractivity contribution is 0.269. The number of hydrogen-bond donors (Lipinski definition) is 1. The Morgan fingerprint density at radius 1 is 1.22 bits per heavy atom. The van der Waals surface area contributed by atoms with Crippen LogP contribution in [0.4, 0.5) is 5.82 Å². The molecule has 0 saturated carbocycles. The first-order chi connectivity index (χ1) is 8.58. The highest BCUT2D eigenvalue weighted by molar-refractivity contribution is 6.31. The number of anilines is 1. The highest BCUT2D eigenvalue weighted by atomic mass is 35.5. The summed E-state index contributed by atoms with van der Waals surface area (Å²) >= 11 is 6.09. The zero-order valence-corrected chi connectivity index (χ0v) is 12.1. The average Bonchev–Trinajstić information content (AvgIpc) is 2.85. The van der Waals surface area contributed by atoms with Crippen molar-refractivity contribution in [2.45, 2.75) is 39.7 Å². The van der Waals surface area contributed by atoms with Crippen molar-refractivity contribution in [1.29, 1.82) is 0 Å². The van der Waals surface area contributed by atoms with Crippen molar-refractivity contribution in [3.63, 3.8) is 0 Å². The van der Waals surface area contributed by atoms with Crippen molar-refractivity contribution in [3.8, 4) is 0 Å². The third-order valence-electron chi connectivity index (χ3n) is 3.59. The van der Waals surface area contributed by atoms with E-state index in [2.05, 4.69) is 27.1 Å². The second-order valence-electron chi connectivity index (χ2n) is 5.01. The number of nitrogens with one attached hydrogen (secondary N) is 1. The van der Waals surface area contributed by atoms with Crippen molar-refractivity contribution in [2.24, 2.45) is 0 Å². The molecule has 2 heterocycles. The first-order valence-corrected chi connectivity index (χ1v) is 6.94. The molecule has 18 heavy (non-hydrogen) atoms. The summed E-state index contributed by atoms with van der Waals surface area (Å²) in [5, 5.41) is 3.77. The van der Waals surface area contributed by atoms with Gasteiger partial charge in [-0.3, -0.25) is 4.90 Å². The molecule has 1 saturated heterocycles. The van der Waals surface area contributed by atoms with Crippen LogP contribution in [-0.4, -0.2) is 40.5 Å². The first-order valence-electron chi connectivity index (χ1n) is 6.56. The fourth-order valence-corrected chi connectivity index (χ4v) is 2.48. The Balaban J connectivity index is 1.95. The molecule has 2 rings (SSSR count). The van der Waals surface area contributed by atoms with Crippen molar-refractivity contribution in [2.75, 3.05) is 25.0 Å². The summed E-state index contributed by atoms with van der Waals surface area (Å²) < 4.78 is 0. The second kappa shape index (κ2) is 5.85. The largest absolute Gasteiger partial charge is 0.366 e. The maximum absolute atomic E-state index is 6.09. The highest BCUT2D eigenvalue weighted by Crippen LogP contribution is 2.19. The van der Waals surface area contributed by atoms with Crippen molar-refractivity contribution >= 4 is 17.4 Å². The molecule has 1 aromatic heterocycles. The number of rotatable bonds is 4. The summed E-state index contributed by atoms with van der Waals surface area (Å²) in [5.41, 5.74) is 1.81. The van der Waals surface area contributed by atoms with E-state index < -0.39 is 0 Å². The van der Waals surface area contributed by atoms with Gasteiger partial charge in [0.15, 0.2) is 11.0 Å². The molecule has 1 N–H and O–H groups in total. The molecule has 1 atom stereocenters. The molecule has 4 nitrogen and oxygen atoms in total. The molecule has 5 heteroatoms. The molecule has 1 aliphatic heterocycles. The van der Waals surface area contributed by atoms with Crippen molar-refractivity contribution in [3.05, 3.63) is 16.5 Å². The molecule has 0 bridgehead atoms. The van der Waals surface area contributed by atoms with E-state index in [4.69, 9.17) is 11.6 Å². The van der Waals surface area contributed by atoms with Gasteiger partial charge >= 0.3 is 0 Å². The molecular weight excluding hydrogens is 248 g/mol. The average molecular weight is 269 g/mol. The lowest BCUT2D eigenvalue weighted by atomic mass is 10.3. The Morgan fingerprint density at radius 2 is 1.83 bits per heavy atom. The van der Waals surface area contributed by atoms with E-state index >= 15 is 0 Å². The SMILES string of the molecule is Cc1nc(Cl)c(NCC(C)N2CCCC2)nc1C. The van der Waals surface area contributed by atoms with Gasteiger partial charge in [0.25, 0.3) is 0 Å². The zero-order chi connectivity index (χ0) is 13.1. The summed E-state index contributed by atoms with van der Waals surface area (Å²) in [6.07, 6.45) is 2.63. The normalized spacial score (nSPS) is 18.0. The van der Waals surface area contributed by atoms with Crippen molar-refractivity contribution < 1.29 is 0 Å². The standard InChI is InChI=1S/C13H21ClN4/c1-9(18-6-4-5-7-18)8-15-13-12(14)16-10(2)11(3)17-13/h9H,4-8H2,1-3H3,(H,15,17). The molecule has 1 unspecified atom stereocenters. The van der Waals surface area contributed by atoms with Crippen molar-refractivity contribution in [1.82, 2.24) is 14.9 Å². The van der Waals surface area contributed by atoms with Gasteiger partial charge in [0.2, 0.25) is 0 Å². The van der Waals surface area contributed by atoms with Gasteiger partial charge in [0.1, 0.15) is 0 Å². The quantitative estimate of drug-likeness (QED) is 0.912. The van der Waals surface area contributed by atoms with E-state index in [-0.39, 0.29) is 0 Å². The van der Waals surface area contributed by atoms with Gasteiger partial charge < -0.3 is 5.32 Å². The second-order valence-corrected chi connectivity index (χ2v) is 5.36. The van der Waals surface area contributed by atoms with Gasteiger partial charge in [0.05, 0.1) is 11.4 Å². The summed E-state index contributed by atoms with van der Waals surface area (Å²) in [7, 11) is 0. The Hall–Kier alpha value is -0.870. The van der Waals surface area contributed by atoms with Crippen LogP contribution < -0.4 is 5.32 Å². The van der Waals surface area contributed by atoms with Crippen LogP contribution in [-0.2, 0) is 0 Å². The molecule has 0 aliphatic carbocycles. The molecule has 0 radical (unpaired) electrons. The van der Waals surface area contributed by atoms with E-state index in [0.717, 1.165) is 17.9 Å². The van der Waals surface area contributed by atoms with Gasteiger partial charge in [-0.25, -0.2) is 9.97 Å². The number of hydrogen-bond acceptors (Lipinski definition) is 4. The number of aryl methyl sites for hydroxylation is 2. The van der Waals surface area contributed by atoms with E-state index in [9.17, 15) is 0 Å². The molecule has 0 amide bonds. The maximum Gasteiger partial charge on any atom is 0.171 e. The van der Waals surface area contributed by atoms with Crippen LogP contribution >= 0.6 is 11.6 Å². The predicted molar refractivity (Wildman–Crippen MR) is 75.3 cm³/mol. The van der Waals surface area contributed by atoms with E-state index in [1.165, 1.54) is 25.9 Å². The highest BCUT2D eigenvalue weighted by Gasteiger charge is 2.18. The first kappa shape index (κ1) is 13.6. The molecule has 1 aromatic rings. The summed E-state index contributed by atoms with van der Waals surface area (Å²) in [6, 6.07) is 0.506. The topological polar surface area (TPSA) is 41.1 Å². The molecular formula is C13H21ClN4. The minimum Gasteiger partial charge on any atom is -0.366 e. The third kappa shape index (κ3) is 3.12. The molecule has 1 fully saturated rings. The molecule has 100 valence electrons. The third-order valence-corrected chi connectivity index (χ3v) is 3.86. The lowest BCUT2D eigenvalue weighted by Crippen LogP contribution is -2.35. The van der Waals surface area contributed by atoms with Crippen LogP contribution in [0.2, 0.25) is 5.15 Å². The van der Waals surface area contributed by atoms with Gasteiger partial charge in [-0.05, 0) is 46.7 Å². The Kier molecular flexibility index (Phi) is 4.40. The predicted octanol–water partition coefficient (Wildman–Crippen LogP) is 2.64. The molecule has 0 spiro atoms. The molecule has 0 aromatic carbocycles. The Bertz CT molecular complexity index is 416. The van der Waals surface area contributed by atoms with Gasteiger partial charge in [-0.1, -0.05) is 11.6 Å². The van der Waals surface area contributed by atoms with Crippen LogP contribution in [0.1, 0.15) is 31.2 Å². The summed E-state index contributed by atoms with van der Waals surface area (Å²) in [5.74, 6) is 0.700. The van der Waals surface area contributed by atoms with Gasteiger partial charge in [-0.15, -0.1) is 0 Å². The minimum atomic E-state index is 0.465. The minimum absolute atomic E-state index is 0.465. The lowest BCUT2D eigenvalue weighted by Gasteiger charge is -2.24. The number of aromatic nitrogens is 2. The molecule has 1 aliphatic rings. The van der Waals surface area contributed by atoms with E-state index in [1.54, 1.807) is 0 Å². The van der Waals surface area contributed by atoms with Crippen LogP contribution in [0.3, 0.4) is 0 Å². The Labute approximate surface area is 114 Å². The summed E-state index contributed by atoms with van der Waals surface area (Å²) in [6.45, 7) is 9.38. The number of likely N-dealkylation sites (tertiary alicyclic amines) is 1. The fourth-order valence-electron chi connectivity index (χ4n) is 2.24. The van der Waals surface area contributed by atoms with Crippen LogP contribution in [0.5, 0.6) is 0 Å². The monoisotopic (exact) mass is 268 g/mol. The van der Waals surface area contributed by atoms with Crippen LogP contribution in [0.25, 0.3) is 0 Å². The zero-order valence-electron chi connectivity index (χ0n) is 11.3. The summed E-state index contributed by atoms with van der Waals surface area (Å²) in [4.78, 5) is 11.2. The maximum atomic E-state index is 6.09. The van der Waals surface area contributed by atoms with Gasteiger partial charge in [0, 0.05) is 12.6 Å². The van der Waals surface area contributed by atoms with E-state index in [1.807, 2.05) is 13.8 Å². The Morgan fingerprint density at radius 3 is 2.50 bits per heavy atom. The number of nitrogens with zero attached hydrogens (tertiary/aromatic N) is 3. The smallest absolute Gasteiger partial charge is 0.171 e. The fraction of sp³-hybridized carbons (Fsp3) is 0.692.